The van der Waals surface area contributed by atoms with E-state index in [9.17, 15) is 19.8 Å². The molecule has 0 spiro atoms. The Bertz CT molecular complexity index is 887. The van der Waals surface area contributed by atoms with Crippen molar-refractivity contribution in [3.05, 3.63) is 46.3 Å². The number of carbonyl (C=O) groups is 2. The predicted molar refractivity (Wildman–Crippen MR) is 87.6 cm³/mol. The summed E-state index contributed by atoms with van der Waals surface area (Å²) in [6.45, 7) is 3.64. The van der Waals surface area contributed by atoms with Gasteiger partial charge in [0.15, 0.2) is 0 Å². The lowest BCUT2D eigenvalue weighted by atomic mass is 9.79. The average Bonchev–Trinajstić information content (AvgIpc) is 3.08. The summed E-state index contributed by atoms with van der Waals surface area (Å²) in [5.74, 6) is -3.30. The van der Waals surface area contributed by atoms with Gasteiger partial charge < -0.3 is 15.5 Å². The number of benzene rings is 1. The standard InChI is InChI=1S/C17H17N3O5/c1-3-9-13(16(21)22)12(14(17(23)24)10(4-2)18-9)8-6-5-7-11-15(8)20-25-19-11/h5-7,12,18H,3-4H2,1-2H3,(H,21,22)(H,23,24). The Labute approximate surface area is 142 Å². The van der Waals surface area contributed by atoms with E-state index in [4.69, 9.17) is 4.63 Å². The second-order valence-corrected chi connectivity index (χ2v) is 5.64. The largest absolute Gasteiger partial charge is 0.478 e. The summed E-state index contributed by atoms with van der Waals surface area (Å²) < 4.78 is 4.75. The molecule has 2 aromatic rings. The highest BCUT2D eigenvalue weighted by atomic mass is 16.6. The van der Waals surface area contributed by atoms with Crippen LogP contribution in [0.4, 0.5) is 0 Å². The number of nitrogens with zero attached hydrogens (tertiary/aromatic N) is 2. The van der Waals surface area contributed by atoms with Gasteiger partial charge in [0.05, 0.1) is 17.1 Å². The molecule has 3 N–H and O–H groups in total. The smallest absolute Gasteiger partial charge is 0.334 e. The first-order valence-electron chi connectivity index (χ1n) is 7.90. The molecule has 0 radical (unpaired) electrons. The van der Waals surface area contributed by atoms with Crippen LogP contribution < -0.4 is 5.32 Å². The minimum Gasteiger partial charge on any atom is -0.478 e. The predicted octanol–water partition coefficient (Wildman–Crippen LogP) is 2.41. The highest BCUT2D eigenvalue weighted by molar-refractivity contribution is 6.00. The molecule has 130 valence electrons. The van der Waals surface area contributed by atoms with Crippen molar-refractivity contribution in [2.45, 2.75) is 32.6 Å². The number of carboxylic acid groups (broad SMARTS) is 2. The van der Waals surface area contributed by atoms with E-state index in [1.54, 1.807) is 18.2 Å². The summed E-state index contributed by atoms with van der Waals surface area (Å²) in [6, 6.07) is 5.02. The van der Waals surface area contributed by atoms with Gasteiger partial charge in [-0.25, -0.2) is 14.2 Å². The summed E-state index contributed by atoms with van der Waals surface area (Å²) in [5, 5.41) is 30.2. The molecule has 0 saturated carbocycles. The topological polar surface area (TPSA) is 126 Å². The number of carboxylic acids is 2. The van der Waals surface area contributed by atoms with Crippen LogP contribution in [-0.4, -0.2) is 32.5 Å². The number of hydrogen-bond acceptors (Lipinski definition) is 6. The summed E-state index contributed by atoms with van der Waals surface area (Å²) in [4.78, 5) is 23.9. The summed E-state index contributed by atoms with van der Waals surface area (Å²) in [7, 11) is 0. The number of aliphatic carboxylic acids is 2. The SMILES string of the molecule is CCC1=C(C(=O)O)C(c2cccc3nonc23)C(C(=O)O)=C(CC)N1. The zero-order chi connectivity index (χ0) is 18.1. The highest BCUT2D eigenvalue weighted by Gasteiger charge is 2.39. The number of fused-ring (bicyclic) bond motifs is 1. The van der Waals surface area contributed by atoms with E-state index in [1.807, 2.05) is 13.8 Å². The maximum atomic E-state index is 12.0. The number of nitrogens with one attached hydrogen (secondary N) is 1. The molecule has 0 unspecified atom stereocenters. The molecule has 0 amide bonds. The molecule has 2 heterocycles. The molecule has 0 atom stereocenters. The Morgan fingerprint density at radius 3 is 2.20 bits per heavy atom. The maximum Gasteiger partial charge on any atom is 0.334 e. The first kappa shape index (κ1) is 16.7. The Morgan fingerprint density at radius 1 is 1.08 bits per heavy atom. The van der Waals surface area contributed by atoms with E-state index in [2.05, 4.69) is 15.6 Å². The minimum atomic E-state index is -1.17. The van der Waals surface area contributed by atoms with Gasteiger partial charge >= 0.3 is 11.9 Å². The Hall–Kier alpha value is -3.16. The van der Waals surface area contributed by atoms with Crippen molar-refractivity contribution in [2.75, 3.05) is 0 Å². The van der Waals surface area contributed by atoms with Gasteiger partial charge in [0.2, 0.25) is 0 Å². The van der Waals surface area contributed by atoms with Gasteiger partial charge in [-0.05, 0) is 34.8 Å². The lowest BCUT2D eigenvalue weighted by Crippen LogP contribution is -2.32. The first-order chi connectivity index (χ1) is 12.0. The van der Waals surface area contributed by atoms with Crippen LogP contribution >= 0.6 is 0 Å². The fourth-order valence-electron chi connectivity index (χ4n) is 3.24. The molecule has 0 saturated heterocycles. The fourth-order valence-corrected chi connectivity index (χ4v) is 3.24. The van der Waals surface area contributed by atoms with Crippen LogP contribution in [0.25, 0.3) is 11.0 Å². The molecular weight excluding hydrogens is 326 g/mol. The van der Waals surface area contributed by atoms with E-state index in [0.29, 0.717) is 40.8 Å². The lowest BCUT2D eigenvalue weighted by molar-refractivity contribution is -0.133. The molecule has 0 fully saturated rings. The second-order valence-electron chi connectivity index (χ2n) is 5.64. The summed E-state index contributed by atoms with van der Waals surface area (Å²) in [5.41, 5.74) is 2.26. The average molecular weight is 343 g/mol. The summed E-state index contributed by atoms with van der Waals surface area (Å²) >= 11 is 0. The van der Waals surface area contributed by atoms with Crippen molar-refractivity contribution in [3.8, 4) is 0 Å². The molecule has 0 aliphatic carbocycles. The molecule has 0 bridgehead atoms. The monoisotopic (exact) mass is 343 g/mol. The second kappa shape index (κ2) is 6.39. The maximum absolute atomic E-state index is 12.0. The van der Waals surface area contributed by atoms with Gasteiger partial charge in [-0.3, -0.25) is 0 Å². The summed E-state index contributed by atoms with van der Waals surface area (Å²) in [6.07, 6.45) is 0.864. The zero-order valence-electron chi connectivity index (χ0n) is 13.7. The number of dihydropyridines is 1. The van der Waals surface area contributed by atoms with Crippen molar-refractivity contribution in [3.63, 3.8) is 0 Å². The van der Waals surface area contributed by atoms with Gasteiger partial charge in [0.1, 0.15) is 11.0 Å². The van der Waals surface area contributed by atoms with Crippen LogP contribution in [0.1, 0.15) is 38.2 Å². The molecule has 25 heavy (non-hydrogen) atoms. The van der Waals surface area contributed by atoms with Crippen LogP contribution in [0.3, 0.4) is 0 Å². The lowest BCUT2D eigenvalue weighted by Gasteiger charge is -2.30. The number of allylic oxidation sites excluding steroid dienone is 2. The van der Waals surface area contributed by atoms with Crippen LogP contribution in [-0.2, 0) is 9.59 Å². The van der Waals surface area contributed by atoms with E-state index in [-0.39, 0.29) is 11.1 Å². The Kier molecular flexibility index (Phi) is 4.26. The molecule has 1 aromatic carbocycles. The minimum absolute atomic E-state index is 0.00704. The van der Waals surface area contributed by atoms with Crippen LogP contribution in [0.5, 0.6) is 0 Å². The van der Waals surface area contributed by atoms with Gasteiger partial charge in [-0.15, -0.1) is 0 Å². The highest BCUT2D eigenvalue weighted by Crippen LogP contribution is 2.41. The molecule has 8 heteroatoms. The zero-order valence-corrected chi connectivity index (χ0v) is 13.7. The quantitative estimate of drug-likeness (QED) is 0.755. The van der Waals surface area contributed by atoms with Crippen LogP contribution in [0.15, 0.2) is 45.4 Å². The fraction of sp³-hybridized carbons (Fsp3) is 0.294. The van der Waals surface area contributed by atoms with Gasteiger partial charge in [0, 0.05) is 11.4 Å². The van der Waals surface area contributed by atoms with Crippen molar-refractivity contribution in [2.24, 2.45) is 0 Å². The Balaban J connectivity index is 2.36. The van der Waals surface area contributed by atoms with Crippen molar-refractivity contribution >= 4 is 23.0 Å². The van der Waals surface area contributed by atoms with Crippen molar-refractivity contribution < 1.29 is 24.4 Å². The first-order valence-corrected chi connectivity index (χ1v) is 7.90. The number of hydrogen-bond donors (Lipinski definition) is 3. The van der Waals surface area contributed by atoms with Crippen molar-refractivity contribution in [1.29, 1.82) is 0 Å². The van der Waals surface area contributed by atoms with Gasteiger partial charge in [0.25, 0.3) is 0 Å². The van der Waals surface area contributed by atoms with Gasteiger partial charge in [-0.1, -0.05) is 26.0 Å². The van der Waals surface area contributed by atoms with E-state index in [1.165, 1.54) is 0 Å². The molecule has 1 aliphatic heterocycles. The van der Waals surface area contributed by atoms with E-state index < -0.39 is 17.9 Å². The molecular formula is C17H17N3O5. The van der Waals surface area contributed by atoms with Gasteiger partial charge in [-0.2, -0.15) is 0 Å². The normalized spacial score (nSPS) is 15.6. The van der Waals surface area contributed by atoms with Crippen molar-refractivity contribution in [1.82, 2.24) is 15.6 Å². The third-order valence-corrected chi connectivity index (χ3v) is 4.33. The molecule has 1 aromatic heterocycles. The number of aromatic nitrogens is 2. The van der Waals surface area contributed by atoms with Crippen LogP contribution in [0.2, 0.25) is 0 Å². The molecule has 8 nitrogen and oxygen atoms in total. The third kappa shape index (κ3) is 2.65. The molecule has 1 aliphatic rings. The third-order valence-electron chi connectivity index (χ3n) is 4.33. The Morgan fingerprint density at radius 2 is 1.68 bits per heavy atom. The van der Waals surface area contributed by atoms with E-state index in [0.717, 1.165) is 0 Å². The van der Waals surface area contributed by atoms with Crippen LogP contribution in [0, 0.1) is 0 Å². The molecule has 3 rings (SSSR count). The number of rotatable bonds is 5. The van der Waals surface area contributed by atoms with E-state index >= 15 is 0 Å².